The van der Waals surface area contributed by atoms with Gasteiger partial charge >= 0.3 is 6.01 Å². The Balaban J connectivity index is 2.16. The van der Waals surface area contributed by atoms with Gasteiger partial charge in [-0.05, 0) is 41.9 Å². The summed E-state index contributed by atoms with van der Waals surface area (Å²) in [6.45, 7) is 3.77. The molecule has 0 saturated carbocycles. The highest BCUT2D eigenvalue weighted by atomic mass is 79.9. The van der Waals surface area contributed by atoms with Crippen LogP contribution in [0.1, 0.15) is 19.9 Å². The second kappa shape index (κ2) is 5.97. The van der Waals surface area contributed by atoms with Crippen molar-refractivity contribution in [3.63, 3.8) is 0 Å². The summed E-state index contributed by atoms with van der Waals surface area (Å²) in [7, 11) is 1.43. The van der Waals surface area contributed by atoms with Gasteiger partial charge in [-0.2, -0.15) is 14.5 Å². The van der Waals surface area contributed by atoms with Crippen molar-refractivity contribution in [1.29, 1.82) is 0 Å². The number of halogens is 3. The molecule has 2 heterocycles. The van der Waals surface area contributed by atoms with Crippen LogP contribution in [0.2, 0.25) is 0 Å². The highest BCUT2D eigenvalue weighted by Gasteiger charge is 2.19. The van der Waals surface area contributed by atoms with Crippen LogP contribution in [0.25, 0.3) is 11.0 Å². The Morgan fingerprint density at radius 2 is 1.96 bits per heavy atom. The van der Waals surface area contributed by atoms with E-state index in [1.807, 2.05) is 13.8 Å². The van der Waals surface area contributed by atoms with Crippen LogP contribution in [0.5, 0.6) is 11.8 Å². The number of ether oxygens (including phenoxy) is 1. The molecular weight excluding hydrogens is 386 g/mol. The first-order valence-electron chi connectivity index (χ1n) is 7.07. The Labute approximate surface area is 143 Å². The fraction of sp³-hybridized carbons (Fsp3) is 0.267. The first kappa shape index (κ1) is 16.6. The van der Waals surface area contributed by atoms with Crippen LogP contribution in [0.3, 0.4) is 0 Å². The maximum absolute atomic E-state index is 14.0. The van der Waals surface area contributed by atoms with Gasteiger partial charge in [-0.25, -0.2) is 9.07 Å². The standard InChI is InChI=1S/C15H13BrF2N4O2/c1-7(2)22-13-8(6-19-22)14(23)21(3)15(20-13)24-10-5-4-9(16)11(17)12(10)18/h4-7H,1-3H3. The lowest BCUT2D eigenvalue weighted by Gasteiger charge is -2.12. The molecule has 0 fully saturated rings. The monoisotopic (exact) mass is 398 g/mol. The molecule has 0 saturated heterocycles. The highest BCUT2D eigenvalue weighted by molar-refractivity contribution is 9.10. The van der Waals surface area contributed by atoms with E-state index < -0.39 is 11.6 Å². The highest BCUT2D eigenvalue weighted by Crippen LogP contribution is 2.29. The van der Waals surface area contributed by atoms with E-state index in [-0.39, 0.29) is 27.8 Å². The van der Waals surface area contributed by atoms with Crippen molar-refractivity contribution in [3.05, 3.63) is 44.8 Å². The van der Waals surface area contributed by atoms with E-state index in [2.05, 4.69) is 26.0 Å². The Hall–Kier alpha value is -2.29. The molecule has 0 amide bonds. The van der Waals surface area contributed by atoms with Crippen LogP contribution < -0.4 is 10.3 Å². The zero-order valence-electron chi connectivity index (χ0n) is 13.0. The topological polar surface area (TPSA) is 61.9 Å². The lowest BCUT2D eigenvalue weighted by Crippen LogP contribution is -2.20. The molecule has 0 bridgehead atoms. The molecule has 24 heavy (non-hydrogen) atoms. The summed E-state index contributed by atoms with van der Waals surface area (Å²) in [6.07, 6.45) is 1.42. The number of rotatable bonds is 3. The average Bonchev–Trinajstić information content (AvgIpc) is 2.96. The quantitative estimate of drug-likeness (QED) is 0.633. The molecular formula is C15H13BrF2N4O2. The summed E-state index contributed by atoms with van der Waals surface area (Å²) in [5.74, 6) is -2.62. The van der Waals surface area contributed by atoms with Crippen molar-refractivity contribution in [1.82, 2.24) is 19.3 Å². The van der Waals surface area contributed by atoms with Gasteiger partial charge < -0.3 is 4.74 Å². The Morgan fingerprint density at radius 1 is 1.25 bits per heavy atom. The second-order valence-corrected chi connectivity index (χ2v) is 6.31. The average molecular weight is 399 g/mol. The van der Waals surface area contributed by atoms with Crippen LogP contribution in [0, 0.1) is 11.6 Å². The number of hydrogen-bond acceptors (Lipinski definition) is 4. The molecule has 1 aromatic carbocycles. The molecule has 2 aromatic heterocycles. The van der Waals surface area contributed by atoms with Gasteiger partial charge in [0, 0.05) is 13.1 Å². The number of fused-ring (bicyclic) bond motifs is 1. The zero-order chi connectivity index (χ0) is 17.6. The fourth-order valence-electron chi connectivity index (χ4n) is 2.21. The molecule has 126 valence electrons. The summed E-state index contributed by atoms with van der Waals surface area (Å²) in [5, 5.41) is 4.45. The summed E-state index contributed by atoms with van der Waals surface area (Å²) in [4.78, 5) is 16.6. The predicted octanol–water partition coefficient (Wildman–Crippen LogP) is 3.54. The molecule has 0 atom stereocenters. The van der Waals surface area contributed by atoms with Crippen LogP contribution >= 0.6 is 15.9 Å². The minimum absolute atomic E-state index is 0.0254. The summed E-state index contributed by atoms with van der Waals surface area (Å²) >= 11 is 2.89. The van der Waals surface area contributed by atoms with Crippen molar-refractivity contribution in [3.8, 4) is 11.8 Å². The largest absolute Gasteiger partial charge is 0.422 e. The molecule has 0 unspecified atom stereocenters. The Bertz CT molecular complexity index is 997. The molecule has 3 rings (SSSR count). The third-order valence-electron chi connectivity index (χ3n) is 3.48. The molecule has 9 heteroatoms. The van der Waals surface area contributed by atoms with E-state index in [0.717, 1.165) is 4.57 Å². The minimum Gasteiger partial charge on any atom is -0.422 e. The third-order valence-corrected chi connectivity index (χ3v) is 4.10. The Morgan fingerprint density at radius 3 is 2.62 bits per heavy atom. The number of benzene rings is 1. The van der Waals surface area contributed by atoms with E-state index in [1.54, 1.807) is 4.68 Å². The number of aromatic nitrogens is 4. The fourth-order valence-corrected chi connectivity index (χ4v) is 2.51. The van der Waals surface area contributed by atoms with E-state index in [4.69, 9.17) is 4.74 Å². The molecule has 0 aliphatic rings. The van der Waals surface area contributed by atoms with Gasteiger partial charge in [-0.1, -0.05) is 0 Å². The minimum atomic E-state index is -1.17. The van der Waals surface area contributed by atoms with Crippen LogP contribution in [0.15, 0.2) is 27.6 Å². The lowest BCUT2D eigenvalue weighted by molar-refractivity contribution is 0.375. The molecule has 0 aliphatic carbocycles. The van der Waals surface area contributed by atoms with Crippen molar-refractivity contribution < 1.29 is 13.5 Å². The van der Waals surface area contributed by atoms with Gasteiger partial charge in [0.2, 0.25) is 5.82 Å². The molecule has 0 spiro atoms. The lowest BCUT2D eigenvalue weighted by atomic mass is 10.3. The van der Waals surface area contributed by atoms with Crippen molar-refractivity contribution in [2.75, 3.05) is 0 Å². The number of nitrogens with zero attached hydrogens (tertiary/aromatic N) is 4. The Kier molecular flexibility index (Phi) is 4.12. The summed E-state index contributed by atoms with van der Waals surface area (Å²) < 4.78 is 35.6. The van der Waals surface area contributed by atoms with Crippen LogP contribution in [-0.4, -0.2) is 19.3 Å². The summed E-state index contributed by atoms with van der Waals surface area (Å²) in [5.41, 5.74) is -0.0685. The van der Waals surface area contributed by atoms with Gasteiger partial charge in [0.15, 0.2) is 17.2 Å². The van der Waals surface area contributed by atoms with E-state index in [1.165, 1.54) is 25.4 Å². The maximum atomic E-state index is 14.0. The predicted molar refractivity (Wildman–Crippen MR) is 87.3 cm³/mol. The zero-order valence-corrected chi connectivity index (χ0v) is 14.6. The SMILES string of the molecule is CC(C)n1ncc2c(=O)n(C)c(Oc3ccc(Br)c(F)c3F)nc21. The normalized spacial score (nSPS) is 11.5. The molecule has 0 radical (unpaired) electrons. The van der Waals surface area contributed by atoms with Crippen molar-refractivity contribution in [2.45, 2.75) is 19.9 Å². The van der Waals surface area contributed by atoms with E-state index in [9.17, 15) is 13.6 Å². The molecule has 3 aromatic rings. The van der Waals surface area contributed by atoms with Gasteiger partial charge in [0.05, 0.1) is 10.7 Å². The van der Waals surface area contributed by atoms with Gasteiger partial charge in [0.25, 0.3) is 5.56 Å². The summed E-state index contributed by atoms with van der Waals surface area (Å²) in [6, 6.07) is 2.37. The van der Waals surface area contributed by atoms with Crippen LogP contribution in [0.4, 0.5) is 8.78 Å². The van der Waals surface area contributed by atoms with Gasteiger partial charge in [0.1, 0.15) is 5.39 Å². The third kappa shape index (κ3) is 2.58. The first-order valence-corrected chi connectivity index (χ1v) is 7.86. The maximum Gasteiger partial charge on any atom is 0.306 e. The molecule has 0 N–H and O–H groups in total. The smallest absolute Gasteiger partial charge is 0.306 e. The molecule has 6 nitrogen and oxygen atoms in total. The number of hydrogen-bond donors (Lipinski definition) is 0. The second-order valence-electron chi connectivity index (χ2n) is 5.45. The first-order chi connectivity index (χ1) is 11.3. The van der Waals surface area contributed by atoms with E-state index in [0.29, 0.717) is 11.0 Å². The molecule has 0 aliphatic heterocycles. The van der Waals surface area contributed by atoms with Crippen LogP contribution in [-0.2, 0) is 7.05 Å². The van der Waals surface area contributed by atoms with Gasteiger partial charge in [-0.3, -0.25) is 9.36 Å². The van der Waals surface area contributed by atoms with Crippen molar-refractivity contribution >= 4 is 27.0 Å². The van der Waals surface area contributed by atoms with E-state index >= 15 is 0 Å². The van der Waals surface area contributed by atoms with Gasteiger partial charge in [-0.15, -0.1) is 0 Å². The van der Waals surface area contributed by atoms with Crippen molar-refractivity contribution in [2.24, 2.45) is 7.05 Å².